The maximum atomic E-state index is 8.89. The first-order chi connectivity index (χ1) is 9.71. The standard InChI is InChI=1S/C16H24N2O2/c1-4-8-18-12-14-6-7-15(19-9-5-2)10-16(14)20-13(3)11-17/h6-7,10,13,18H,4-5,8-9,12H2,1-3H3. The second kappa shape index (κ2) is 9.22. The average Bonchev–Trinajstić information content (AvgIpc) is 2.47. The molecular weight excluding hydrogens is 252 g/mol. The third kappa shape index (κ3) is 5.50. The highest BCUT2D eigenvalue weighted by molar-refractivity contribution is 5.41. The predicted octanol–water partition coefficient (Wildman–Crippen LogP) is 3.27. The molecule has 0 saturated heterocycles. The number of nitrogens with one attached hydrogen (secondary N) is 1. The topological polar surface area (TPSA) is 54.3 Å². The second-order valence-electron chi connectivity index (χ2n) is 4.68. The average molecular weight is 276 g/mol. The molecule has 0 saturated carbocycles. The van der Waals surface area contributed by atoms with E-state index in [0.717, 1.165) is 43.0 Å². The van der Waals surface area contributed by atoms with Crippen LogP contribution in [0.25, 0.3) is 0 Å². The minimum absolute atomic E-state index is 0.471. The van der Waals surface area contributed by atoms with E-state index in [-0.39, 0.29) is 0 Å². The van der Waals surface area contributed by atoms with E-state index in [1.165, 1.54) is 0 Å². The van der Waals surface area contributed by atoms with Crippen LogP contribution < -0.4 is 14.8 Å². The number of nitrogens with zero attached hydrogens (tertiary/aromatic N) is 1. The number of rotatable bonds is 9. The Kier molecular flexibility index (Phi) is 7.52. The minimum atomic E-state index is -0.471. The summed E-state index contributed by atoms with van der Waals surface area (Å²) in [4.78, 5) is 0. The summed E-state index contributed by atoms with van der Waals surface area (Å²) < 4.78 is 11.3. The van der Waals surface area contributed by atoms with Crippen molar-refractivity contribution >= 4 is 0 Å². The number of ether oxygens (including phenoxy) is 2. The van der Waals surface area contributed by atoms with Gasteiger partial charge in [-0.25, -0.2) is 0 Å². The van der Waals surface area contributed by atoms with E-state index >= 15 is 0 Å². The lowest BCUT2D eigenvalue weighted by Crippen LogP contribution is -2.16. The first kappa shape index (κ1) is 16.3. The molecule has 1 aromatic rings. The summed E-state index contributed by atoms with van der Waals surface area (Å²) in [6, 6.07) is 7.89. The lowest BCUT2D eigenvalue weighted by Gasteiger charge is -2.15. The van der Waals surface area contributed by atoms with Gasteiger partial charge in [-0.3, -0.25) is 0 Å². The van der Waals surface area contributed by atoms with Gasteiger partial charge < -0.3 is 14.8 Å². The Balaban J connectivity index is 2.82. The van der Waals surface area contributed by atoms with Crippen LogP contribution in [0.1, 0.15) is 39.2 Å². The summed E-state index contributed by atoms with van der Waals surface area (Å²) >= 11 is 0. The van der Waals surface area contributed by atoms with Crippen LogP contribution in [0.15, 0.2) is 18.2 Å². The number of hydrogen-bond donors (Lipinski definition) is 1. The van der Waals surface area contributed by atoms with Crippen molar-refractivity contribution in [3.63, 3.8) is 0 Å². The van der Waals surface area contributed by atoms with Crippen LogP contribution >= 0.6 is 0 Å². The van der Waals surface area contributed by atoms with E-state index < -0.39 is 6.10 Å². The molecule has 1 unspecified atom stereocenters. The van der Waals surface area contributed by atoms with Crippen molar-refractivity contribution < 1.29 is 9.47 Å². The van der Waals surface area contributed by atoms with E-state index in [1.54, 1.807) is 6.92 Å². The monoisotopic (exact) mass is 276 g/mol. The van der Waals surface area contributed by atoms with Gasteiger partial charge in [-0.1, -0.05) is 19.9 Å². The molecule has 0 aliphatic carbocycles. The molecule has 1 rings (SSSR count). The SMILES string of the molecule is CCCNCc1ccc(OCCC)cc1OC(C)C#N. The summed E-state index contributed by atoms with van der Waals surface area (Å²) in [5.41, 5.74) is 1.05. The normalized spacial score (nSPS) is 11.7. The van der Waals surface area contributed by atoms with Gasteiger partial charge in [0.15, 0.2) is 6.10 Å². The molecule has 20 heavy (non-hydrogen) atoms. The molecule has 0 aliphatic heterocycles. The largest absolute Gasteiger partial charge is 0.493 e. The number of hydrogen-bond acceptors (Lipinski definition) is 4. The van der Waals surface area contributed by atoms with E-state index in [2.05, 4.69) is 25.2 Å². The van der Waals surface area contributed by atoms with Gasteiger partial charge in [0.1, 0.15) is 17.6 Å². The van der Waals surface area contributed by atoms with Crippen molar-refractivity contribution in [2.75, 3.05) is 13.2 Å². The molecule has 0 aromatic heterocycles. The summed E-state index contributed by atoms with van der Waals surface area (Å²) in [7, 11) is 0. The van der Waals surface area contributed by atoms with Gasteiger partial charge in [-0.15, -0.1) is 0 Å². The molecule has 0 aliphatic rings. The van der Waals surface area contributed by atoms with Gasteiger partial charge in [-0.2, -0.15) is 5.26 Å². The first-order valence-electron chi connectivity index (χ1n) is 7.24. The Morgan fingerprint density at radius 3 is 2.75 bits per heavy atom. The van der Waals surface area contributed by atoms with Crippen molar-refractivity contribution in [2.24, 2.45) is 0 Å². The molecule has 4 heteroatoms. The van der Waals surface area contributed by atoms with E-state index in [4.69, 9.17) is 14.7 Å². The van der Waals surface area contributed by atoms with Crippen LogP contribution in [0.3, 0.4) is 0 Å². The first-order valence-corrected chi connectivity index (χ1v) is 7.24. The zero-order chi connectivity index (χ0) is 14.8. The van der Waals surface area contributed by atoms with E-state index in [0.29, 0.717) is 6.61 Å². The van der Waals surface area contributed by atoms with Crippen molar-refractivity contribution in [1.29, 1.82) is 5.26 Å². The fourth-order valence-electron chi connectivity index (χ4n) is 1.72. The summed E-state index contributed by atoms with van der Waals surface area (Å²) in [5.74, 6) is 1.50. The molecule has 110 valence electrons. The molecule has 0 bridgehead atoms. The van der Waals surface area contributed by atoms with Crippen molar-refractivity contribution in [3.8, 4) is 17.6 Å². The summed E-state index contributed by atoms with van der Waals surface area (Å²) in [6.07, 6.45) is 1.58. The Morgan fingerprint density at radius 2 is 2.10 bits per heavy atom. The molecule has 0 spiro atoms. The third-order valence-corrected chi connectivity index (χ3v) is 2.74. The molecule has 4 nitrogen and oxygen atoms in total. The highest BCUT2D eigenvalue weighted by atomic mass is 16.5. The van der Waals surface area contributed by atoms with Crippen LogP contribution in [0.2, 0.25) is 0 Å². The molecule has 1 aromatic carbocycles. The van der Waals surface area contributed by atoms with Crippen LogP contribution in [-0.2, 0) is 6.54 Å². The van der Waals surface area contributed by atoms with Gasteiger partial charge in [-0.05, 0) is 32.4 Å². The van der Waals surface area contributed by atoms with Crippen LogP contribution in [0.4, 0.5) is 0 Å². The Labute approximate surface area is 121 Å². The zero-order valence-electron chi connectivity index (χ0n) is 12.6. The van der Waals surface area contributed by atoms with Crippen molar-refractivity contribution in [3.05, 3.63) is 23.8 Å². The summed E-state index contributed by atoms with van der Waals surface area (Å²) in [6.45, 7) is 8.31. The Morgan fingerprint density at radius 1 is 1.30 bits per heavy atom. The van der Waals surface area contributed by atoms with Gasteiger partial charge in [0.2, 0.25) is 0 Å². The molecule has 0 fully saturated rings. The zero-order valence-corrected chi connectivity index (χ0v) is 12.6. The van der Waals surface area contributed by atoms with Crippen LogP contribution in [0, 0.1) is 11.3 Å². The van der Waals surface area contributed by atoms with E-state index in [1.807, 2.05) is 18.2 Å². The predicted molar refractivity (Wildman–Crippen MR) is 79.9 cm³/mol. The maximum Gasteiger partial charge on any atom is 0.181 e. The Hall–Kier alpha value is -1.73. The van der Waals surface area contributed by atoms with Crippen molar-refractivity contribution in [1.82, 2.24) is 5.32 Å². The fraction of sp³-hybridized carbons (Fsp3) is 0.562. The lowest BCUT2D eigenvalue weighted by molar-refractivity contribution is 0.268. The van der Waals surface area contributed by atoms with Gasteiger partial charge in [0, 0.05) is 18.2 Å². The number of benzene rings is 1. The Bertz CT molecular complexity index is 441. The smallest absolute Gasteiger partial charge is 0.181 e. The van der Waals surface area contributed by atoms with Crippen molar-refractivity contribution in [2.45, 2.75) is 46.3 Å². The lowest BCUT2D eigenvalue weighted by atomic mass is 10.2. The van der Waals surface area contributed by atoms with Crippen LogP contribution in [-0.4, -0.2) is 19.3 Å². The van der Waals surface area contributed by atoms with Crippen LogP contribution in [0.5, 0.6) is 11.5 Å². The molecule has 0 radical (unpaired) electrons. The fourth-order valence-corrected chi connectivity index (χ4v) is 1.72. The number of nitriles is 1. The summed E-state index contributed by atoms with van der Waals surface area (Å²) in [5, 5.41) is 12.2. The third-order valence-electron chi connectivity index (χ3n) is 2.74. The van der Waals surface area contributed by atoms with Gasteiger partial charge in [0.25, 0.3) is 0 Å². The quantitative estimate of drug-likeness (QED) is 0.703. The molecule has 1 N–H and O–H groups in total. The van der Waals surface area contributed by atoms with E-state index in [9.17, 15) is 0 Å². The minimum Gasteiger partial charge on any atom is -0.493 e. The van der Waals surface area contributed by atoms with Gasteiger partial charge in [0.05, 0.1) is 6.61 Å². The highest BCUT2D eigenvalue weighted by Gasteiger charge is 2.09. The maximum absolute atomic E-state index is 8.89. The second-order valence-corrected chi connectivity index (χ2v) is 4.68. The molecule has 0 heterocycles. The van der Waals surface area contributed by atoms with Gasteiger partial charge >= 0.3 is 0 Å². The highest BCUT2D eigenvalue weighted by Crippen LogP contribution is 2.26. The molecule has 0 amide bonds. The molecule has 1 atom stereocenters. The molecular formula is C16H24N2O2.